The fourth-order valence-electron chi connectivity index (χ4n) is 4.93. The number of amides is 2. The van der Waals surface area contributed by atoms with Gasteiger partial charge in [0.2, 0.25) is 18.6 Å². The smallest absolute Gasteiger partial charge is 0.231 e. The molecule has 33 heavy (non-hydrogen) atoms. The van der Waals surface area contributed by atoms with Crippen molar-refractivity contribution in [1.29, 1.82) is 0 Å². The van der Waals surface area contributed by atoms with Gasteiger partial charge in [0.05, 0.1) is 0 Å². The Balaban J connectivity index is 1.48. The van der Waals surface area contributed by atoms with Gasteiger partial charge in [-0.1, -0.05) is 31.2 Å². The lowest BCUT2D eigenvalue weighted by molar-refractivity contribution is -0.138. The normalized spacial score (nSPS) is 16.3. The quantitative estimate of drug-likeness (QED) is 0.648. The zero-order valence-corrected chi connectivity index (χ0v) is 19.1. The minimum Gasteiger partial charge on any atom is -0.454 e. The molecule has 0 spiro atoms. The van der Waals surface area contributed by atoms with Crippen LogP contribution in [0.5, 0.6) is 11.5 Å². The number of fused-ring (bicyclic) bond motifs is 2. The second kappa shape index (κ2) is 8.81. The van der Waals surface area contributed by atoms with Gasteiger partial charge in [0.1, 0.15) is 0 Å². The van der Waals surface area contributed by atoms with Gasteiger partial charge >= 0.3 is 0 Å². The Labute approximate surface area is 193 Å². The second-order valence-corrected chi connectivity index (χ2v) is 8.69. The zero-order chi connectivity index (χ0) is 22.9. The Bertz CT molecular complexity index is 1190. The third kappa shape index (κ3) is 4.03. The molecule has 1 atom stereocenters. The maximum Gasteiger partial charge on any atom is 0.231 e. The second-order valence-electron chi connectivity index (χ2n) is 8.69. The Morgan fingerprint density at radius 1 is 1.03 bits per heavy atom. The number of aromatic amines is 1. The fourth-order valence-corrected chi connectivity index (χ4v) is 4.93. The van der Waals surface area contributed by atoms with Crippen molar-refractivity contribution in [2.45, 2.75) is 32.6 Å². The minimum atomic E-state index is -0.126. The van der Waals surface area contributed by atoms with Crippen LogP contribution < -0.4 is 9.47 Å². The molecule has 3 aromatic rings. The number of para-hydroxylation sites is 1. The Morgan fingerprint density at radius 3 is 2.55 bits per heavy atom. The van der Waals surface area contributed by atoms with E-state index in [0.29, 0.717) is 38.3 Å². The third-order valence-corrected chi connectivity index (χ3v) is 6.85. The van der Waals surface area contributed by atoms with E-state index in [-0.39, 0.29) is 24.5 Å². The number of H-pyrrole nitrogens is 1. The number of rotatable bonds is 5. The van der Waals surface area contributed by atoms with E-state index in [1.807, 2.05) is 29.3 Å². The van der Waals surface area contributed by atoms with Crippen LogP contribution in [-0.4, -0.2) is 59.6 Å². The number of nitrogens with one attached hydrogen (secondary N) is 1. The highest BCUT2D eigenvalue weighted by Gasteiger charge is 2.28. The first-order valence-corrected chi connectivity index (χ1v) is 11.6. The highest BCUT2D eigenvalue weighted by Crippen LogP contribution is 2.40. The monoisotopic (exact) mass is 447 g/mol. The summed E-state index contributed by atoms with van der Waals surface area (Å²) in [6.45, 7) is 6.25. The van der Waals surface area contributed by atoms with E-state index in [1.165, 1.54) is 5.56 Å². The van der Waals surface area contributed by atoms with E-state index in [9.17, 15) is 9.59 Å². The fraction of sp³-hybridized carbons (Fsp3) is 0.385. The minimum absolute atomic E-state index is 0.0610. The van der Waals surface area contributed by atoms with Crippen LogP contribution in [0.25, 0.3) is 10.9 Å². The van der Waals surface area contributed by atoms with Gasteiger partial charge in [-0.25, -0.2) is 0 Å². The SMILES string of the molecule is CCc1cccc2c(C(CC(=O)N3CCN(C(C)=O)CC3)c3ccc4c(c3)OCO4)c[nH]c12. The van der Waals surface area contributed by atoms with Crippen molar-refractivity contribution >= 4 is 22.7 Å². The number of carbonyl (C=O) groups is 2. The van der Waals surface area contributed by atoms with Crippen LogP contribution in [0.15, 0.2) is 42.6 Å². The molecule has 2 aliphatic heterocycles. The maximum absolute atomic E-state index is 13.4. The van der Waals surface area contributed by atoms with Crippen LogP contribution in [0.1, 0.15) is 42.9 Å². The van der Waals surface area contributed by atoms with Gasteiger partial charge < -0.3 is 24.3 Å². The number of aromatic nitrogens is 1. The molecule has 5 rings (SSSR count). The molecule has 1 saturated heterocycles. The summed E-state index contributed by atoms with van der Waals surface area (Å²) >= 11 is 0. The Morgan fingerprint density at radius 2 is 1.79 bits per heavy atom. The first-order valence-electron chi connectivity index (χ1n) is 11.6. The molecule has 2 aliphatic rings. The molecular weight excluding hydrogens is 418 g/mol. The highest BCUT2D eigenvalue weighted by atomic mass is 16.7. The lowest BCUT2D eigenvalue weighted by atomic mass is 9.87. The number of carbonyl (C=O) groups excluding carboxylic acids is 2. The van der Waals surface area contributed by atoms with Crippen molar-refractivity contribution < 1.29 is 19.1 Å². The Hall–Kier alpha value is -3.48. The van der Waals surface area contributed by atoms with Gasteiger partial charge in [-0.2, -0.15) is 0 Å². The summed E-state index contributed by atoms with van der Waals surface area (Å²) in [5.74, 6) is 1.48. The van der Waals surface area contributed by atoms with Crippen molar-refractivity contribution in [1.82, 2.24) is 14.8 Å². The number of hydrogen-bond acceptors (Lipinski definition) is 4. The zero-order valence-electron chi connectivity index (χ0n) is 19.1. The summed E-state index contributed by atoms with van der Waals surface area (Å²) in [5.41, 5.74) is 4.52. The van der Waals surface area contributed by atoms with Crippen LogP contribution >= 0.6 is 0 Å². The molecule has 1 N–H and O–H groups in total. The first kappa shape index (κ1) is 21.4. The molecule has 1 fully saturated rings. The van der Waals surface area contributed by atoms with Crippen LogP contribution in [0.2, 0.25) is 0 Å². The largest absolute Gasteiger partial charge is 0.454 e. The van der Waals surface area contributed by atoms with Gasteiger partial charge in [-0.05, 0) is 35.2 Å². The number of benzene rings is 2. The average Bonchev–Trinajstić information content (AvgIpc) is 3.49. The lowest BCUT2D eigenvalue weighted by Crippen LogP contribution is -2.50. The summed E-state index contributed by atoms with van der Waals surface area (Å²) in [6, 6.07) is 12.3. The third-order valence-electron chi connectivity index (χ3n) is 6.85. The topological polar surface area (TPSA) is 74.9 Å². The summed E-state index contributed by atoms with van der Waals surface area (Å²) in [5, 5.41) is 1.14. The Kier molecular flexibility index (Phi) is 5.70. The van der Waals surface area contributed by atoms with Crippen molar-refractivity contribution in [2.24, 2.45) is 0 Å². The average molecular weight is 448 g/mol. The van der Waals surface area contributed by atoms with Gasteiger partial charge in [0.25, 0.3) is 0 Å². The first-order chi connectivity index (χ1) is 16.0. The number of hydrogen-bond donors (Lipinski definition) is 1. The van der Waals surface area contributed by atoms with E-state index in [4.69, 9.17) is 9.47 Å². The number of piperazine rings is 1. The number of nitrogens with zero attached hydrogens (tertiary/aromatic N) is 2. The van der Waals surface area contributed by atoms with E-state index < -0.39 is 0 Å². The van der Waals surface area contributed by atoms with E-state index in [1.54, 1.807) is 11.8 Å². The molecule has 0 saturated carbocycles. The number of aryl methyl sites for hydroxylation is 1. The maximum atomic E-state index is 13.4. The van der Waals surface area contributed by atoms with E-state index >= 15 is 0 Å². The predicted octanol–water partition coefficient (Wildman–Crippen LogP) is 3.67. The van der Waals surface area contributed by atoms with Crippen LogP contribution in [0.3, 0.4) is 0 Å². The molecule has 0 bridgehead atoms. The summed E-state index contributed by atoms with van der Waals surface area (Å²) in [7, 11) is 0. The van der Waals surface area contributed by atoms with Crippen LogP contribution in [0.4, 0.5) is 0 Å². The molecule has 1 aromatic heterocycles. The van der Waals surface area contributed by atoms with Crippen molar-refractivity contribution in [3.63, 3.8) is 0 Å². The molecule has 2 aromatic carbocycles. The van der Waals surface area contributed by atoms with E-state index in [2.05, 4.69) is 30.1 Å². The van der Waals surface area contributed by atoms with Gasteiger partial charge in [0, 0.05) is 62.5 Å². The van der Waals surface area contributed by atoms with Gasteiger partial charge in [-0.15, -0.1) is 0 Å². The van der Waals surface area contributed by atoms with E-state index in [0.717, 1.165) is 34.2 Å². The van der Waals surface area contributed by atoms with Crippen molar-refractivity contribution in [2.75, 3.05) is 33.0 Å². The molecule has 7 nitrogen and oxygen atoms in total. The molecule has 172 valence electrons. The summed E-state index contributed by atoms with van der Waals surface area (Å²) in [4.78, 5) is 32.2. The summed E-state index contributed by atoms with van der Waals surface area (Å²) in [6.07, 6.45) is 3.33. The molecule has 0 aliphatic carbocycles. The molecule has 3 heterocycles. The molecular formula is C26H29N3O4. The molecule has 7 heteroatoms. The number of ether oxygens (including phenoxy) is 2. The van der Waals surface area contributed by atoms with Crippen LogP contribution in [-0.2, 0) is 16.0 Å². The van der Waals surface area contributed by atoms with Crippen molar-refractivity contribution in [3.8, 4) is 11.5 Å². The summed E-state index contributed by atoms with van der Waals surface area (Å²) < 4.78 is 11.1. The molecule has 1 unspecified atom stereocenters. The highest BCUT2D eigenvalue weighted by molar-refractivity contribution is 5.88. The molecule has 2 amide bonds. The van der Waals surface area contributed by atoms with Gasteiger partial charge in [0.15, 0.2) is 11.5 Å². The lowest BCUT2D eigenvalue weighted by Gasteiger charge is -2.35. The van der Waals surface area contributed by atoms with Crippen LogP contribution in [0, 0.1) is 0 Å². The van der Waals surface area contributed by atoms with Gasteiger partial charge in [-0.3, -0.25) is 9.59 Å². The van der Waals surface area contributed by atoms with Crippen molar-refractivity contribution in [3.05, 3.63) is 59.3 Å². The standard InChI is InChI=1S/C26H29N3O4/c1-3-18-5-4-6-20-22(15-27-26(18)20)21(19-7-8-23-24(13-19)33-16-32-23)14-25(31)29-11-9-28(10-12-29)17(2)30/h4-8,13,15,21,27H,3,9-12,14,16H2,1-2H3. The molecule has 0 radical (unpaired) electrons. The predicted molar refractivity (Wildman–Crippen MR) is 126 cm³/mol.